The van der Waals surface area contributed by atoms with E-state index < -0.39 is 8.15 Å². The maximum Gasteiger partial charge on any atom is 0.194 e. The van der Waals surface area contributed by atoms with Gasteiger partial charge >= 0.3 is 0 Å². The summed E-state index contributed by atoms with van der Waals surface area (Å²) in [7, 11) is -1.54. The third-order valence-electron chi connectivity index (χ3n) is 2.09. The molecule has 0 amide bonds. The SMILES string of the molecule is O[PH+](c1ccccc1)c1ccccc1. The van der Waals surface area contributed by atoms with E-state index in [0.717, 1.165) is 10.6 Å². The smallest absolute Gasteiger partial charge is 0.194 e. The van der Waals surface area contributed by atoms with Gasteiger partial charge in [0.05, 0.1) is 0 Å². The van der Waals surface area contributed by atoms with Crippen molar-refractivity contribution in [3.05, 3.63) is 60.7 Å². The van der Waals surface area contributed by atoms with Crippen LogP contribution in [0.5, 0.6) is 0 Å². The van der Waals surface area contributed by atoms with E-state index in [1.54, 1.807) is 0 Å². The van der Waals surface area contributed by atoms with Crippen LogP contribution < -0.4 is 10.6 Å². The maximum atomic E-state index is 10.1. The van der Waals surface area contributed by atoms with Crippen LogP contribution in [0.2, 0.25) is 0 Å². The van der Waals surface area contributed by atoms with Gasteiger partial charge in [-0.1, -0.05) is 36.4 Å². The Balaban J connectivity index is 2.30. The van der Waals surface area contributed by atoms with Crippen molar-refractivity contribution in [3.8, 4) is 0 Å². The lowest BCUT2D eigenvalue weighted by molar-refractivity contribution is 0.644. The van der Waals surface area contributed by atoms with Gasteiger partial charge in [-0.3, -0.25) is 0 Å². The van der Waals surface area contributed by atoms with Gasteiger partial charge in [0.1, 0.15) is 10.6 Å². The van der Waals surface area contributed by atoms with Gasteiger partial charge in [0, 0.05) is 0 Å². The van der Waals surface area contributed by atoms with Gasteiger partial charge < -0.3 is 0 Å². The summed E-state index contributed by atoms with van der Waals surface area (Å²) < 4.78 is 0. The monoisotopic (exact) mass is 203 g/mol. The molecule has 14 heavy (non-hydrogen) atoms. The summed E-state index contributed by atoms with van der Waals surface area (Å²) in [6, 6.07) is 19.6. The molecule has 70 valence electrons. The first kappa shape index (κ1) is 9.39. The molecule has 2 rings (SSSR count). The molecule has 0 fully saturated rings. The Morgan fingerprint density at radius 1 is 0.643 bits per heavy atom. The molecule has 2 heteroatoms. The van der Waals surface area contributed by atoms with Gasteiger partial charge in [0.15, 0.2) is 8.15 Å². The van der Waals surface area contributed by atoms with Crippen molar-refractivity contribution in [1.82, 2.24) is 0 Å². The van der Waals surface area contributed by atoms with E-state index in [1.807, 2.05) is 60.7 Å². The highest BCUT2D eigenvalue weighted by atomic mass is 31.1. The van der Waals surface area contributed by atoms with Crippen molar-refractivity contribution in [2.75, 3.05) is 0 Å². The fraction of sp³-hybridized carbons (Fsp3) is 0. The Labute approximate surface area is 84.9 Å². The minimum absolute atomic E-state index is 1.03. The van der Waals surface area contributed by atoms with Gasteiger partial charge in [-0.15, -0.1) is 0 Å². The lowest BCUT2D eigenvalue weighted by Crippen LogP contribution is -2.09. The molecule has 0 unspecified atom stereocenters. The third kappa shape index (κ3) is 2.01. The second-order valence-corrected chi connectivity index (χ2v) is 4.93. The Bertz CT molecular complexity index is 346. The molecule has 0 aliphatic heterocycles. The Kier molecular flexibility index (Phi) is 2.93. The first-order valence-corrected chi connectivity index (χ1v) is 5.99. The zero-order valence-corrected chi connectivity index (χ0v) is 8.72. The summed E-state index contributed by atoms with van der Waals surface area (Å²) in [6.07, 6.45) is 0. The van der Waals surface area contributed by atoms with Crippen molar-refractivity contribution >= 4 is 18.8 Å². The molecule has 0 saturated heterocycles. The van der Waals surface area contributed by atoms with E-state index in [0.29, 0.717) is 0 Å². The minimum Gasteiger partial charge on any atom is -0.243 e. The third-order valence-corrected chi connectivity index (χ3v) is 3.85. The number of rotatable bonds is 2. The normalized spacial score (nSPS) is 10.4. The van der Waals surface area contributed by atoms with Gasteiger partial charge in [-0.2, -0.15) is 0 Å². The Hall–Kier alpha value is -1.17. The largest absolute Gasteiger partial charge is 0.243 e. The van der Waals surface area contributed by atoms with E-state index in [4.69, 9.17) is 0 Å². The average molecular weight is 203 g/mol. The van der Waals surface area contributed by atoms with Gasteiger partial charge in [0.2, 0.25) is 0 Å². The van der Waals surface area contributed by atoms with Crippen LogP contribution in [0.1, 0.15) is 0 Å². The van der Waals surface area contributed by atoms with E-state index in [1.165, 1.54) is 0 Å². The fourth-order valence-electron chi connectivity index (χ4n) is 1.36. The van der Waals surface area contributed by atoms with E-state index >= 15 is 0 Å². The van der Waals surface area contributed by atoms with Gasteiger partial charge in [-0.05, 0) is 24.3 Å². The highest BCUT2D eigenvalue weighted by molar-refractivity contribution is 7.67. The van der Waals surface area contributed by atoms with Crippen molar-refractivity contribution in [1.29, 1.82) is 0 Å². The van der Waals surface area contributed by atoms with Crippen LogP contribution in [0.15, 0.2) is 60.7 Å². The molecule has 0 spiro atoms. The predicted molar refractivity (Wildman–Crippen MR) is 62.7 cm³/mol. The Morgan fingerprint density at radius 2 is 1.00 bits per heavy atom. The van der Waals surface area contributed by atoms with Crippen LogP contribution in [0.3, 0.4) is 0 Å². The molecule has 2 aromatic rings. The first-order chi connectivity index (χ1) is 6.88. The summed E-state index contributed by atoms with van der Waals surface area (Å²) in [5.41, 5.74) is 0. The van der Waals surface area contributed by atoms with Crippen LogP contribution >= 0.6 is 8.15 Å². The topological polar surface area (TPSA) is 20.2 Å². The lowest BCUT2D eigenvalue weighted by atomic mass is 10.4. The predicted octanol–water partition coefficient (Wildman–Crippen LogP) is 1.76. The van der Waals surface area contributed by atoms with Crippen LogP contribution in [0, 0.1) is 0 Å². The van der Waals surface area contributed by atoms with E-state index in [9.17, 15) is 4.89 Å². The molecular weight excluding hydrogens is 191 g/mol. The first-order valence-electron chi connectivity index (χ1n) is 4.54. The molecule has 1 nitrogen and oxygen atoms in total. The molecule has 0 atom stereocenters. The number of benzene rings is 2. The van der Waals surface area contributed by atoms with Crippen LogP contribution in [-0.2, 0) is 0 Å². The molecule has 0 heterocycles. The molecule has 0 aromatic heterocycles. The molecule has 0 bridgehead atoms. The van der Waals surface area contributed by atoms with Crippen LogP contribution in [0.4, 0.5) is 0 Å². The van der Waals surface area contributed by atoms with E-state index in [2.05, 4.69) is 0 Å². The maximum absolute atomic E-state index is 10.1. The molecule has 0 radical (unpaired) electrons. The Morgan fingerprint density at radius 3 is 1.36 bits per heavy atom. The molecular formula is C12H12OP+. The average Bonchev–Trinajstić information content (AvgIpc) is 2.30. The summed E-state index contributed by atoms with van der Waals surface area (Å²) in [6.45, 7) is 0. The number of hydrogen-bond donors (Lipinski definition) is 1. The molecule has 2 aromatic carbocycles. The lowest BCUT2D eigenvalue weighted by Gasteiger charge is -2.01. The summed E-state index contributed by atoms with van der Waals surface area (Å²) in [5.74, 6) is 0. The van der Waals surface area contributed by atoms with Gasteiger partial charge in [-0.25, -0.2) is 4.89 Å². The van der Waals surface area contributed by atoms with Crippen molar-refractivity contribution in [2.45, 2.75) is 0 Å². The quantitative estimate of drug-likeness (QED) is 0.737. The number of hydrogen-bond acceptors (Lipinski definition) is 1. The van der Waals surface area contributed by atoms with Crippen molar-refractivity contribution < 1.29 is 4.89 Å². The summed E-state index contributed by atoms with van der Waals surface area (Å²) in [4.78, 5) is 10.1. The molecule has 0 saturated carbocycles. The highest BCUT2D eigenvalue weighted by Crippen LogP contribution is 2.26. The second kappa shape index (κ2) is 4.36. The van der Waals surface area contributed by atoms with Crippen molar-refractivity contribution in [2.24, 2.45) is 0 Å². The van der Waals surface area contributed by atoms with Crippen LogP contribution in [-0.4, -0.2) is 4.89 Å². The highest BCUT2D eigenvalue weighted by Gasteiger charge is 2.17. The molecule has 0 aliphatic rings. The zero-order chi connectivity index (χ0) is 9.80. The molecule has 1 N–H and O–H groups in total. The summed E-state index contributed by atoms with van der Waals surface area (Å²) >= 11 is 0. The second-order valence-electron chi connectivity index (χ2n) is 3.08. The minimum atomic E-state index is -1.54. The summed E-state index contributed by atoms with van der Waals surface area (Å²) in [5, 5.41) is 2.06. The fourth-order valence-corrected chi connectivity index (χ4v) is 2.71. The zero-order valence-electron chi connectivity index (χ0n) is 7.72. The molecule has 0 aliphatic carbocycles. The van der Waals surface area contributed by atoms with Gasteiger partial charge in [0.25, 0.3) is 0 Å². The van der Waals surface area contributed by atoms with Crippen LogP contribution in [0.25, 0.3) is 0 Å². The van der Waals surface area contributed by atoms with Crippen molar-refractivity contribution in [3.63, 3.8) is 0 Å². The standard InChI is InChI=1S/C12H11OP/c13-14(11-7-3-1-4-8-11)12-9-5-2-6-10-12/h1-10,13H/p+1. The van der Waals surface area contributed by atoms with E-state index in [-0.39, 0.29) is 0 Å².